The molecule has 1 amide bonds. The van der Waals surface area contributed by atoms with Crippen molar-refractivity contribution < 1.29 is 4.79 Å². The molecule has 1 aromatic rings. The average Bonchev–Trinajstić information content (AvgIpc) is 2.52. The summed E-state index contributed by atoms with van der Waals surface area (Å²) >= 11 is 1.44. The van der Waals surface area contributed by atoms with E-state index in [1.165, 1.54) is 11.3 Å². The minimum Gasteiger partial charge on any atom is -0.351 e. The molecule has 0 aliphatic rings. The summed E-state index contributed by atoms with van der Waals surface area (Å²) in [7, 11) is 0. The molecule has 15 heavy (non-hydrogen) atoms. The largest absolute Gasteiger partial charge is 0.351 e. The number of amides is 1. The van der Waals surface area contributed by atoms with Gasteiger partial charge in [0, 0.05) is 6.54 Å². The van der Waals surface area contributed by atoms with Gasteiger partial charge >= 0.3 is 0 Å². The first-order valence-electron chi connectivity index (χ1n) is 5.07. The molecule has 0 aliphatic heterocycles. The number of hydrogen-bond donors (Lipinski definition) is 2. The Balaban J connectivity index is 2.43. The standard InChI is InChI=1S/C10H17N3OS/c1-7-9(15-8(2)13-7)10(14)12-6-4-3-5-11/h3-6,11H2,1-2H3,(H,12,14). The molecule has 0 spiro atoms. The second-order valence-electron chi connectivity index (χ2n) is 3.40. The summed E-state index contributed by atoms with van der Waals surface area (Å²) in [5, 5.41) is 3.79. The van der Waals surface area contributed by atoms with Gasteiger partial charge in [0.2, 0.25) is 0 Å². The Bertz CT molecular complexity index is 335. The molecule has 0 aromatic carbocycles. The zero-order valence-electron chi connectivity index (χ0n) is 9.17. The van der Waals surface area contributed by atoms with Crippen LogP contribution in [0.5, 0.6) is 0 Å². The van der Waals surface area contributed by atoms with E-state index in [9.17, 15) is 4.79 Å². The summed E-state index contributed by atoms with van der Waals surface area (Å²) in [4.78, 5) is 16.6. The highest BCUT2D eigenvalue weighted by atomic mass is 32.1. The molecular weight excluding hydrogens is 210 g/mol. The predicted octanol–water partition coefficient (Wildman–Crippen LogP) is 1.23. The van der Waals surface area contributed by atoms with Crippen LogP contribution >= 0.6 is 11.3 Å². The molecule has 0 bridgehead atoms. The molecule has 1 heterocycles. The van der Waals surface area contributed by atoms with Crippen LogP contribution < -0.4 is 11.1 Å². The van der Waals surface area contributed by atoms with Gasteiger partial charge in [-0.05, 0) is 33.2 Å². The SMILES string of the molecule is Cc1nc(C)c(C(=O)NCCCCN)s1. The van der Waals surface area contributed by atoms with E-state index in [4.69, 9.17) is 5.73 Å². The summed E-state index contributed by atoms with van der Waals surface area (Å²) in [5.74, 6) is -0.0184. The minimum atomic E-state index is -0.0184. The van der Waals surface area contributed by atoms with Gasteiger partial charge in [-0.25, -0.2) is 4.98 Å². The summed E-state index contributed by atoms with van der Waals surface area (Å²) in [5.41, 5.74) is 6.18. The number of hydrogen-bond acceptors (Lipinski definition) is 4. The normalized spacial score (nSPS) is 10.3. The van der Waals surface area contributed by atoms with Crippen LogP contribution in [0.4, 0.5) is 0 Å². The molecule has 4 nitrogen and oxygen atoms in total. The third-order valence-corrected chi connectivity index (χ3v) is 3.10. The summed E-state index contributed by atoms with van der Waals surface area (Å²) < 4.78 is 0. The van der Waals surface area contributed by atoms with E-state index in [2.05, 4.69) is 10.3 Å². The summed E-state index contributed by atoms with van der Waals surface area (Å²) in [6.07, 6.45) is 1.88. The lowest BCUT2D eigenvalue weighted by molar-refractivity contribution is 0.0956. The molecule has 0 saturated heterocycles. The number of thiazole rings is 1. The van der Waals surface area contributed by atoms with Gasteiger partial charge in [0.1, 0.15) is 4.88 Å². The molecule has 0 aliphatic carbocycles. The van der Waals surface area contributed by atoms with Crippen LogP contribution in [0.3, 0.4) is 0 Å². The van der Waals surface area contributed by atoms with Crippen LogP contribution in [0.15, 0.2) is 0 Å². The van der Waals surface area contributed by atoms with Crippen LogP contribution in [0.1, 0.15) is 33.2 Å². The number of nitrogens with two attached hydrogens (primary N) is 1. The lowest BCUT2D eigenvalue weighted by Crippen LogP contribution is -2.24. The van der Waals surface area contributed by atoms with Crippen molar-refractivity contribution in [2.75, 3.05) is 13.1 Å². The van der Waals surface area contributed by atoms with Crippen molar-refractivity contribution in [3.8, 4) is 0 Å². The minimum absolute atomic E-state index is 0.0184. The average molecular weight is 227 g/mol. The van der Waals surface area contributed by atoms with Crippen LogP contribution in [0.2, 0.25) is 0 Å². The molecule has 0 unspecified atom stereocenters. The van der Waals surface area contributed by atoms with Crippen molar-refractivity contribution in [3.63, 3.8) is 0 Å². The highest BCUT2D eigenvalue weighted by Gasteiger charge is 2.12. The molecular formula is C10H17N3OS. The predicted molar refractivity (Wildman–Crippen MR) is 62.2 cm³/mol. The van der Waals surface area contributed by atoms with Crippen molar-refractivity contribution in [2.45, 2.75) is 26.7 Å². The Kier molecular flexibility index (Phi) is 4.71. The van der Waals surface area contributed by atoms with Crippen LogP contribution in [0, 0.1) is 13.8 Å². The number of rotatable bonds is 5. The molecule has 1 aromatic heterocycles. The Labute approximate surface area is 93.9 Å². The van der Waals surface area contributed by atoms with Crippen molar-refractivity contribution in [3.05, 3.63) is 15.6 Å². The van der Waals surface area contributed by atoms with E-state index >= 15 is 0 Å². The van der Waals surface area contributed by atoms with Crippen LogP contribution in [0.25, 0.3) is 0 Å². The van der Waals surface area contributed by atoms with E-state index in [0.29, 0.717) is 13.1 Å². The van der Waals surface area contributed by atoms with E-state index in [1.807, 2.05) is 13.8 Å². The van der Waals surface area contributed by atoms with Gasteiger partial charge in [-0.15, -0.1) is 11.3 Å². The zero-order chi connectivity index (χ0) is 11.3. The molecule has 0 atom stereocenters. The number of unbranched alkanes of at least 4 members (excludes halogenated alkanes) is 1. The number of nitrogens with zero attached hydrogens (tertiary/aromatic N) is 1. The van der Waals surface area contributed by atoms with Crippen molar-refractivity contribution >= 4 is 17.2 Å². The maximum atomic E-state index is 11.7. The number of nitrogens with one attached hydrogen (secondary N) is 1. The highest BCUT2D eigenvalue weighted by Crippen LogP contribution is 2.16. The van der Waals surface area contributed by atoms with Crippen molar-refractivity contribution in [2.24, 2.45) is 5.73 Å². The van der Waals surface area contributed by atoms with Gasteiger partial charge in [-0.2, -0.15) is 0 Å². The zero-order valence-corrected chi connectivity index (χ0v) is 9.99. The quantitative estimate of drug-likeness (QED) is 0.743. The molecule has 0 fully saturated rings. The maximum absolute atomic E-state index is 11.7. The first-order chi connectivity index (χ1) is 7.15. The first-order valence-corrected chi connectivity index (χ1v) is 5.89. The Hall–Kier alpha value is -0.940. The van der Waals surface area contributed by atoms with E-state index in [0.717, 1.165) is 28.4 Å². The molecule has 3 N–H and O–H groups in total. The summed E-state index contributed by atoms with van der Waals surface area (Å²) in [6, 6.07) is 0. The van der Waals surface area contributed by atoms with Gasteiger partial charge in [0.25, 0.3) is 5.91 Å². The van der Waals surface area contributed by atoms with Gasteiger partial charge in [-0.1, -0.05) is 0 Å². The number of carbonyl (C=O) groups excluding carboxylic acids is 1. The van der Waals surface area contributed by atoms with Crippen molar-refractivity contribution in [1.29, 1.82) is 0 Å². The van der Waals surface area contributed by atoms with E-state index in [1.54, 1.807) is 0 Å². The van der Waals surface area contributed by atoms with Gasteiger partial charge < -0.3 is 11.1 Å². The summed E-state index contributed by atoms with van der Waals surface area (Å²) in [6.45, 7) is 5.13. The molecule has 84 valence electrons. The van der Waals surface area contributed by atoms with Gasteiger partial charge in [0.05, 0.1) is 10.7 Å². The van der Waals surface area contributed by atoms with E-state index < -0.39 is 0 Å². The van der Waals surface area contributed by atoms with E-state index in [-0.39, 0.29) is 5.91 Å². The topological polar surface area (TPSA) is 68.0 Å². The third kappa shape index (κ3) is 3.60. The van der Waals surface area contributed by atoms with Gasteiger partial charge in [0.15, 0.2) is 0 Å². The molecule has 1 rings (SSSR count). The number of aryl methyl sites for hydroxylation is 2. The number of aromatic nitrogens is 1. The van der Waals surface area contributed by atoms with Crippen LogP contribution in [-0.2, 0) is 0 Å². The monoisotopic (exact) mass is 227 g/mol. The van der Waals surface area contributed by atoms with Gasteiger partial charge in [-0.3, -0.25) is 4.79 Å². The fourth-order valence-corrected chi connectivity index (χ4v) is 2.13. The fourth-order valence-electron chi connectivity index (χ4n) is 1.29. The number of carbonyl (C=O) groups is 1. The smallest absolute Gasteiger partial charge is 0.263 e. The fraction of sp³-hybridized carbons (Fsp3) is 0.600. The van der Waals surface area contributed by atoms with Crippen LogP contribution in [-0.4, -0.2) is 24.0 Å². The van der Waals surface area contributed by atoms with Crippen molar-refractivity contribution in [1.82, 2.24) is 10.3 Å². The Morgan fingerprint density at radius 3 is 2.73 bits per heavy atom. The molecule has 0 saturated carbocycles. The second kappa shape index (κ2) is 5.82. The Morgan fingerprint density at radius 1 is 1.47 bits per heavy atom. The lowest BCUT2D eigenvalue weighted by atomic mass is 10.3. The maximum Gasteiger partial charge on any atom is 0.263 e. The molecule has 0 radical (unpaired) electrons. The highest BCUT2D eigenvalue weighted by molar-refractivity contribution is 7.13. The third-order valence-electron chi connectivity index (χ3n) is 2.03. The lowest BCUT2D eigenvalue weighted by Gasteiger charge is -2.02. The second-order valence-corrected chi connectivity index (χ2v) is 4.60. The first kappa shape index (κ1) is 12.1. The molecule has 5 heteroatoms. The Morgan fingerprint density at radius 2 is 2.20 bits per heavy atom.